The molecule has 0 bridgehead atoms. The minimum atomic E-state index is -0.952. The molecule has 0 atom stereocenters. The van der Waals surface area contributed by atoms with Crippen LogP contribution in [0.25, 0.3) is 0 Å². The van der Waals surface area contributed by atoms with E-state index in [2.05, 4.69) is 5.32 Å². The van der Waals surface area contributed by atoms with Gasteiger partial charge in [0.15, 0.2) is 0 Å². The first kappa shape index (κ1) is 16.6. The normalized spacial score (nSPS) is 11.2. The lowest BCUT2D eigenvalue weighted by atomic mass is 10.1. The minimum absolute atomic E-state index is 0.216. The predicted molar refractivity (Wildman–Crippen MR) is 80.7 cm³/mol. The van der Waals surface area contributed by atoms with E-state index in [0.717, 1.165) is 5.56 Å². The van der Waals surface area contributed by atoms with Crippen molar-refractivity contribution >= 4 is 23.3 Å². The number of halogens is 1. The molecule has 0 saturated carbocycles. The summed E-state index contributed by atoms with van der Waals surface area (Å²) in [5, 5.41) is 13.0. The SMILES string of the molecule is COc1cc(Cl)c(C)cc1NC(=O)N(C)CC(C)(C)O. The molecule has 1 rings (SSSR count). The average molecular weight is 301 g/mol. The monoisotopic (exact) mass is 300 g/mol. The number of likely N-dealkylation sites (N-methyl/N-ethyl adjacent to an activating group) is 1. The number of hydrogen-bond donors (Lipinski definition) is 2. The summed E-state index contributed by atoms with van der Waals surface area (Å²) in [6, 6.07) is 3.08. The lowest BCUT2D eigenvalue weighted by Gasteiger charge is -2.26. The molecule has 5 nitrogen and oxygen atoms in total. The van der Waals surface area contributed by atoms with Crippen molar-refractivity contribution in [2.24, 2.45) is 0 Å². The van der Waals surface area contributed by atoms with E-state index in [1.165, 1.54) is 12.0 Å². The number of ether oxygens (including phenoxy) is 1. The second kappa shape index (κ2) is 6.33. The van der Waals surface area contributed by atoms with Crippen LogP contribution in [0.1, 0.15) is 19.4 Å². The van der Waals surface area contributed by atoms with Gasteiger partial charge in [-0.3, -0.25) is 0 Å². The van der Waals surface area contributed by atoms with E-state index < -0.39 is 5.60 Å². The second-order valence-electron chi connectivity index (χ2n) is 5.40. The van der Waals surface area contributed by atoms with Crippen molar-refractivity contribution in [2.45, 2.75) is 26.4 Å². The molecular formula is C14H21ClN2O3. The standard InChI is InChI=1S/C14H21ClN2O3/c1-9-6-11(12(20-5)7-10(9)15)16-13(18)17(4)8-14(2,3)19/h6-7,19H,8H2,1-5H3,(H,16,18). The fourth-order valence-corrected chi connectivity index (χ4v) is 1.95. The molecule has 0 radical (unpaired) electrons. The molecule has 0 aliphatic rings. The molecule has 0 unspecified atom stereocenters. The third-order valence-electron chi connectivity index (χ3n) is 2.69. The van der Waals surface area contributed by atoms with Gasteiger partial charge in [0.05, 0.1) is 24.9 Å². The topological polar surface area (TPSA) is 61.8 Å². The first-order valence-corrected chi connectivity index (χ1v) is 6.60. The van der Waals surface area contributed by atoms with Crippen molar-refractivity contribution in [3.05, 3.63) is 22.7 Å². The van der Waals surface area contributed by atoms with E-state index in [1.54, 1.807) is 33.0 Å². The molecule has 2 amide bonds. The summed E-state index contributed by atoms with van der Waals surface area (Å²) in [7, 11) is 3.12. The first-order chi connectivity index (χ1) is 9.14. The molecule has 1 aromatic carbocycles. The molecule has 0 fully saturated rings. The highest BCUT2D eigenvalue weighted by Crippen LogP contribution is 2.31. The molecule has 0 aliphatic heterocycles. The van der Waals surface area contributed by atoms with Crippen LogP contribution in [0.4, 0.5) is 10.5 Å². The van der Waals surface area contributed by atoms with E-state index >= 15 is 0 Å². The molecule has 0 spiro atoms. The number of carbonyl (C=O) groups excluding carboxylic acids is 1. The van der Waals surface area contributed by atoms with Gasteiger partial charge in [0.1, 0.15) is 5.75 Å². The van der Waals surface area contributed by atoms with Crippen molar-refractivity contribution in [1.29, 1.82) is 0 Å². The number of hydrogen-bond acceptors (Lipinski definition) is 3. The number of aryl methyl sites for hydroxylation is 1. The molecule has 112 valence electrons. The summed E-state index contributed by atoms with van der Waals surface area (Å²) in [5.74, 6) is 0.491. The van der Waals surface area contributed by atoms with Crippen molar-refractivity contribution in [2.75, 3.05) is 26.0 Å². The van der Waals surface area contributed by atoms with Crippen LogP contribution in [0, 0.1) is 6.92 Å². The zero-order valence-corrected chi connectivity index (χ0v) is 13.2. The van der Waals surface area contributed by atoms with Crippen LogP contribution in [-0.2, 0) is 0 Å². The number of benzene rings is 1. The molecule has 6 heteroatoms. The maximum Gasteiger partial charge on any atom is 0.321 e. The van der Waals surface area contributed by atoms with E-state index in [4.69, 9.17) is 16.3 Å². The lowest BCUT2D eigenvalue weighted by Crippen LogP contribution is -2.41. The Morgan fingerprint density at radius 2 is 2.10 bits per heavy atom. The summed E-state index contributed by atoms with van der Waals surface area (Å²) >= 11 is 6.01. The van der Waals surface area contributed by atoms with Crippen LogP contribution in [0.5, 0.6) is 5.75 Å². The Morgan fingerprint density at radius 1 is 1.50 bits per heavy atom. The maximum atomic E-state index is 12.1. The highest BCUT2D eigenvalue weighted by molar-refractivity contribution is 6.31. The molecule has 0 aromatic heterocycles. The van der Waals surface area contributed by atoms with Gasteiger partial charge >= 0.3 is 6.03 Å². The molecule has 1 aromatic rings. The summed E-state index contributed by atoms with van der Waals surface area (Å²) in [6.07, 6.45) is 0. The smallest absolute Gasteiger partial charge is 0.321 e. The van der Waals surface area contributed by atoms with Gasteiger partial charge < -0.3 is 20.1 Å². The van der Waals surface area contributed by atoms with Crippen LogP contribution in [0.2, 0.25) is 5.02 Å². The van der Waals surface area contributed by atoms with Crippen LogP contribution < -0.4 is 10.1 Å². The zero-order valence-electron chi connectivity index (χ0n) is 12.5. The summed E-state index contributed by atoms with van der Waals surface area (Å²) in [6.45, 7) is 5.35. The van der Waals surface area contributed by atoms with Crippen LogP contribution in [0.15, 0.2) is 12.1 Å². The fraction of sp³-hybridized carbons (Fsp3) is 0.500. The Bertz CT molecular complexity index is 498. The van der Waals surface area contributed by atoms with Crippen LogP contribution >= 0.6 is 11.6 Å². The Morgan fingerprint density at radius 3 is 2.60 bits per heavy atom. The number of nitrogens with zero attached hydrogens (tertiary/aromatic N) is 1. The molecule has 0 aliphatic carbocycles. The fourth-order valence-electron chi connectivity index (χ4n) is 1.79. The van der Waals surface area contributed by atoms with E-state index in [1.807, 2.05) is 6.92 Å². The predicted octanol–water partition coefficient (Wildman–Crippen LogP) is 2.89. The van der Waals surface area contributed by atoms with Crippen molar-refractivity contribution in [1.82, 2.24) is 4.90 Å². The Kier molecular flexibility index (Phi) is 5.25. The minimum Gasteiger partial charge on any atom is -0.495 e. The number of amides is 2. The number of anilines is 1. The summed E-state index contributed by atoms with van der Waals surface area (Å²) in [5.41, 5.74) is 0.432. The van der Waals surface area contributed by atoms with E-state index in [9.17, 15) is 9.90 Å². The quantitative estimate of drug-likeness (QED) is 0.899. The van der Waals surface area contributed by atoms with E-state index in [-0.39, 0.29) is 12.6 Å². The van der Waals surface area contributed by atoms with Gasteiger partial charge in [-0.2, -0.15) is 0 Å². The lowest BCUT2D eigenvalue weighted by molar-refractivity contribution is 0.0550. The Balaban J connectivity index is 2.88. The number of nitrogens with one attached hydrogen (secondary N) is 1. The number of urea groups is 1. The Labute approximate surface area is 124 Å². The van der Waals surface area contributed by atoms with Crippen LogP contribution in [-0.4, -0.2) is 42.3 Å². The van der Waals surface area contributed by atoms with Crippen molar-refractivity contribution in [3.63, 3.8) is 0 Å². The van der Waals surface area contributed by atoms with Gasteiger partial charge in [0, 0.05) is 18.1 Å². The van der Waals surface area contributed by atoms with Gasteiger partial charge in [-0.25, -0.2) is 4.79 Å². The largest absolute Gasteiger partial charge is 0.495 e. The van der Waals surface area contributed by atoms with E-state index in [0.29, 0.717) is 16.5 Å². The highest BCUT2D eigenvalue weighted by atomic mass is 35.5. The van der Waals surface area contributed by atoms with Crippen molar-refractivity contribution in [3.8, 4) is 5.75 Å². The van der Waals surface area contributed by atoms with Gasteiger partial charge in [0.25, 0.3) is 0 Å². The van der Waals surface area contributed by atoms with Gasteiger partial charge in [-0.05, 0) is 32.4 Å². The number of carbonyl (C=O) groups is 1. The van der Waals surface area contributed by atoms with Crippen LogP contribution in [0.3, 0.4) is 0 Å². The highest BCUT2D eigenvalue weighted by Gasteiger charge is 2.20. The molecule has 2 N–H and O–H groups in total. The number of methoxy groups -OCH3 is 1. The summed E-state index contributed by atoms with van der Waals surface area (Å²) < 4.78 is 5.20. The molecule has 0 heterocycles. The first-order valence-electron chi connectivity index (χ1n) is 6.22. The maximum absolute atomic E-state index is 12.1. The van der Waals surface area contributed by atoms with Gasteiger partial charge in [-0.1, -0.05) is 11.6 Å². The third-order valence-corrected chi connectivity index (χ3v) is 3.10. The molecular weight excluding hydrogens is 280 g/mol. The Hall–Kier alpha value is -1.46. The number of aliphatic hydroxyl groups is 1. The van der Waals surface area contributed by atoms with Gasteiger partial charge in [0.2, 0.25) is 0 Å². The second-order valence-corrected chi connectivity index (χ2v) is 5.81. The third kappa shape index (κ3) is 4.58. The van der Waals surface area contributed by atoms with Gasteiger partial charge in [-0.15, -0.1) is 0 Å². The summed E-state index contributed by atoms with van der Waals surface area (Å²) in [4.78, 5) is 13.5. The molecule has 20 heavy (non-hydrogen) atoms. The number of rotatable bonds is 4. The zero-order chi connectivity index (χ0) is 15.5. The molecule has 0 saturated heterocycles. The van der Waals surface area contributed by atoms with Crippen molar-refractivity contribution < 1.29 is 14.6 Å². The average Bonchev–Trinajstić information content (AvgIpc) is 2.31.